The number of nitrogens with zero attached hydrogens (tertiary/aromatic N) is 4. The minimum absolute atomic E-state index is 0.0412. The van der Waals surface area contributed by atoms with Gasteiger partial charge in [-0.3, -0.25) is 9.69 Å². The molecule has 1 atom stereocenters. The number of pyridine rings is 1. The lowest BCUT2D eigenvalue weighted by Crippen LogP contribution is -2.29. The highest BCUT2D eigenvalue weighted by atomic mass is 35.5. The number of hydrogen-bond acceptors (Lipinski definition) is 7. The van der Waals surface area contributed by atoms with Gasteiger partial charge < -0.3 is 19.9 Å². The van der Waals surface area contributed by atoms with Gasteiger partial charge in [0.05, 0.1) is 46.7 Å². The number of aromatic nitrogens is 3. The Labute approximate surface area is 248 Å². The van der Waals surface area contributed by atoms with Crippen LogP contribution in [0, 0.1) is 0 Å². The van der Waals surface area contributed by atoms with Gasteiger partial charge in [0.15, 0.2) is 5.78 Å². The molecule has 0 radical (unpaired) electrons. The maximum Gasteiger partial charge on any atom is 0.159 e. The summed E-state index contributed by atoms with van der Waals surface area (Å²) in [4.78, 5) is 24.3. The first-order valence-electron chi connectivity index (χ1n) is 13.5. The third-order valence-corrected chi connectivity index (χ3v) is 7.76. The fourth-order valence-electron chi connectivity index (χ4n) is 5.14. The van der Waals surface area contributed by atoms with E-state index in [0.717, 1.165) is 52.6 Å². The first kappa shape index (κ1) is 27.3. The smallest absolute Gasteiger partial charge is 0.159 e. The van der Waals surface area contributed by atoms with Crippen LogP contribution >= 0.6 is 23.2 Å². The van der Waals surface area contributed by atoms with Crippen molar-refractivity contribution in [2.45, 2.75) is 39.7 Å². The predicted octanol–water partition coefficient (Wildman–Crippen LogP) is 5.80. The van der Waals surface area contributed by atoms with Crippen LogP contribution in [0.2, 0.25) is 10.0 Å². The van der Waals surface area contributed by atoms with Crippen LogP contribution < -0.4 is 15.4 Å². The molecule has 2 aromatic carbocycles. The van der Waals surface area contributed by atoms with Crippen molar-refractivity contribution >= 4 is 45.6 Å². The SMILES string of the molecule is CC(=O)c1ccc2nc(CN3CC=C(c4cccc(COc5ccc(Cl)cc5Cl)n4)C3)n(CC3=CNC(C)N3)c2c1. The fraction of sp³-hybridized carbons (Fsp3) is 0.258. The molecule has 210 valence electrons. The summed E-state index contributed by atoms with van der Waals surface area (Å²) in [6, 6.07) is 16.9. The van der Waals surface area contributed by atoms with Crippen molar-refractivity contribution in [1.29, 1.82) is 0 Å². The average molecular weight is 590 g/mol. The van der Waals surface area contributed by atoms with Gasteiger partial charge in [0, 0.05) is 35.6 Å². The van der Waals surface area contributed by atoms with Gasteiger partial charge in [0.2, 0.25) is 0 Å². The van der Waals surface area contributed by atoms with Crippen LogP contribution in [-0.4, -0.2) is 44.5 Å². The molecule has 6 rings (SSSR count). The summed E-state index contributed by atoms with van der Waals surface area (Å²) in [5.74, 6) is 1.56. The molecule has 4 aromatic rings. The van der Waals surface area contributed by atoms with Crippen molar-refractivity contribution < 1.29 is 9.53 Å². The number of halogens is 2. The van der Waals surface area contributed by atoms with Crippen LogP contribution in [0.1, 0.15) is 41.4 Å². The first-order valence-corrected chi connectivity index (χ1v) is 14.3. The van der Waals surface area contributed by atoms with Gasteiger partial charge in [0.1, 0.15) is 18.2 Å². The minimum Gasteiger partial charge on any atom is -0.486 e. The number of ether oxygens (including phenoxy) is 1. The Morgan fingerprint density at radius 1 is 1.10 bits per heavy atom. The highest BCUT2D eigenvalue weighted by Crippen LogP contribution is 2.29. The van der Waals surface area contributed by atoms with Crippen LogP contribution in [0.3, 0.4) is 0 Å². The molecule has 0 spiro atoms. The maximum atomic E-state index is 12.1. The zero-order valence-electron chi connectivity index (χ0n) is 22.8. The van der Waals surface area contributed by atoms with Crippen molar-refractivity contribution in [3.05, 3.63) is 105 Å². The number of nitrogens with one attached hydrogen (secondary N) is 2. The number of imidazole rings is 1. The lowest BCUT2D eigenvalue weighted by molar-refractivity contribution is 0.101. The molecule has 0 amide bonds. The number of hydrogen-bond donors (Lipinski definition) is 2. The van der Waals surface area contributed by atoms with E-state index in [1.807, 2.05) is 42.6 Å². The van der Waals surface area contributed by atoms with Crippen molar-refractivity contribution in [2.75, 3.05) is 13.1 Å². The molecule has 0 saturated carbocycles. The van der Waals surface area contributed by atoms with E-state index < -0.39 is 0 Å². The fourth-order valence-corrected chi connectivity index (χ4v) is 5.60. The number of benzene rings is 2. The van der Waals surface area contributed by atoms with Gasteiger partial charge in [-0.2, -0.15) is 0 Å². The van der Waals surface area contributed by atoms with E-state index in [1.54, 1.807) is 25.1 Å². The summed E-state index contributed by atoms with van der Waals surface area (Å²) in [7, 11) is 0. The van der Waals surface area contributed by atoms with E-state index in [1.165, 1.54) is 0 Å². The number of ketones is 1. The second-order valence-electron chi connectivity index (χ2n) is 10.4. The molecular weight excluding hydrogens is 559 g/mol. The Kier molecular flexibility index (Phi) is 7.71. The molecule has 2 N–H and O–H groups in total. The molecule has 10 heteroatoms. The Bertz CT molecular complexity index is 1700. The van der Waals surface area contributed by atoms with Crippen molar-refractivity contribution in [3.8, 4) is 5.75 Å². The summed E-state index contributed by atoms with van der Waals surface area (Å²) in [6.45, 7) is 6.81. The molecule has 2 aromatic heterocycles. The number of allylic oxidation sites excluding steroid dienone is 1. The molecule has 0 saturated heterocycles. The Hall–Kier alpha value is -3.85. The van der Waals surface area contributed by atoms with Crippen LogP contribution in [0.5, 0.6) is 5.75 Å². The molecule has 2 aliphatic heterocycles. The van der Waals surface area contributed by atoms with Crippen molar-refractivity contribution in [1.82, 2.24) is 30.1 Å². The molecular formula is C31H30Cl2N6O2. The summed E-state index contributed by atoms with van der Waals surface area (Å²) >= 11 is 12.2. The summed E-state index contributed by atoms with van der Waals surface area (Å²) in [5.41, 5.74) is 6.51. The van der Waals surface area contributed by atoms with Gasteiger partial charge in [-0.25, -0.2) is 9.97 Å². The summed E-state index contributed by atoms with van der Waals surface area (Å²) in [6.07, 6.45) is 4.41. The van der Waals surface area contributed by atoms with Crippen LogP contribution in [0.25, 0.3) is 16.6 Å². The number of rotatable bonds is 9. The topological polar surface area (TPSA) is 84.3 Å². The van der Waals surface area contributed by atoms with Crippen molar-refractivity contribution in [2.24, 2.45) is 0 Å². The summed E-state index contributed by atoms with van der Waals surface area (Å²) in [5, 5.41) is 7.79. The van der Waals surface area contributed by atoms with E-state index in [0.29, 0.717) is 41.1 Å². The van der Waals surface area contributed by atoms with Crippen LogP contribution in [0.15, 0.2) is 72.6 Å². The number of carbonyl (C=O) groups is 1. The van der Waals surface area contributed by atoms with Crippen LogP contribution in [-0.2, 0) is 19.7 Å². The molecule has 41 heavy (non-hydrogen) atoms. The molecule has 2 aliphatic rings. The average Bonchev–Trinajstić information content (AvgIpc) is 3.68. The zero-order valence-corrected chi connectivity index (χ0v) is 24.3. The molecule has 0 bridgehead atoms. The van der Waals surface area contributed by atoms with E-state index >= 15 is 0 Å². The second-order valence-corrected chi connectivity index (χ2v) is 11.2. The summed E-state index contributed by atoms with van der Waals surface area (Å²) < 4.78 is 8.10. The maximum absolute atomic E-state index is 12.1. The quantitative estimate of drug-likeness (QED) is 0.239. The monoisotopic (exact) mass is 588 g/mol. The van der Waals surface area contributed by atoms with E-state index in [9.17, 15) is 4.79 Å². The predicted molar refractivity (Wildman–Crippen MR) is 162 cm³/mol. The molecule has 0 aliphatic carbocycles. The molecule has 1 unspecified atom stereocenters. The number of fused-ring (bicyclic) bond motifs is 1. The van der Waals surface area contributed by atoms with Crippen molar-refractivity contribution in [3.63, 3.8) is 0 Å². The van der Waals surface area contributed by atoms with Crippen LogP contribution in [0.4, 0.5) is 0 Å². The lowest BCUT2D eigenvalue weighted by atomic mass is 10.1. The third kappa shape index (κ3) is 6.10. The second kappa shape index (κ2) is 11.6. The zero-order chi connectivity index (χ0) is 28.5. The Balaban J connectivity index is 1.17. The van der Waals surface area contributed by atoms with Gasteiger partial charge >= 0.3 is 0 Å². The van der Waals surface area contributed by atoms with Gasteiger partial charge in [-0.15, -0.1) is 0 Å². The molecule has 8 nitrogen and oxygen atoms in total. The lowest BCUT2D eigenvalue weighted by Gasteiger charge is -2.18. The van der Waals surface area contributed by atoms with E-state index in [2.05, 4.69) is 33.1 Å². The first-order chi connectivity index (χ1) is 19.8. The van der Waals surface area contributed by atoms with Gasteiger partial charge in [-0.1, -0.05) is 35.3 Å². The van der Waals surface area contributed by atoms with E-state index in [-0.39, 0.29) is 11.9 Å². The number of Topliss-reactive ketones (excluding diaryl/α,β-unsaturated/α-hetero) is 1. The Morgan fingerprint density at radius 3 is 2.76 bits per heavy atom. The molecule has 0 fully saturated rings. The minimum atomic E-state index is 0.0412. The normalized spacial score (nSPS) is 16.8. The standard InChI is InChI=1S/C31H30Cl2N6O2/c1-19(40)21-6-8-28-29(12-21)39(16-25-14-34-20(2)35-25)31(37-28)17-38-11-10-22(15-38)27-5-3-4-24(36-27)18-41-30-9-7-23(32)13-26(30)33/h3-10,12-14,20,34-35H,11,15-18H2,1-2H3. The Morgan fingerprint density at radius 2 is 1.98 bits per heavy atom. The largest absolute Gasteiger partial charge is 0.486 e. The third-order valence-electron chi connectivity index (χ3n) is 7.23. The van der Waals surface area contributed by atoms with E-state index in [4.69, 9.17) is 37.9 Å². The van der Waals surface area contributed by atoms with Gasteiger partial charge in [-0.05, 0) is 68.0 Å². The van der Waals surface area contributed by atoms with Gasteiger partial charge in [0.25, 0.3) is 0 Å². The number of carbonyl (C=O) groups excluding carboxylic acids is 1. The molecule has 4 heterocycles. The highest BCUT2D eigenvalue weighted by molar-refractivity contribution is 6.35. The highest BCUT2D eigenvalue weighted by Gasteiger charge is 2.22.